The van der Waals surface area contributed by atoms with Crippen LogP contribution in [0, 0.1) is 5.82 Å². The average Bonchev–Trinajstić information content (AvgIpc) is 2.32. The van der Waals surface area contributed by atoms with Crippen molar-refractivity contribution in [1.82, 2.24) is 5.32 Å². The molecule has 0 aliphatic heterocycles. The molecule has 0 aromatic heterocycles. The first-order valence-electron chi connectivity index (χ1n) is 6.02. The lowest BCUT2D eigenvalue weighted by Gasteiger charge is -2.28. The number of hydrogen-bond donors (Lipinski definition) is 2. The zero-order valence-electron chi connectivity index (χ0n) is 9.63. The molecule has 0 bridgehead atoms. The average molecular weight is 302 g/mol. The first-order valence-corrected chi connectivity index (χ1v) is 6.81. The highest BCUT2D eigenvalue weighted by atomic mass is 79.9. The van der Waals surface area contributed by atoms with Gasteiger partial charge in [-0.25, -0.2) is 4.39 Å². The second-order valence-electron chi connectivity index (χ2n) is 4.57. The molecular weight excluding hydrogens is 285 g/mol. The summed E-state index contributed by atoms with van der Waals surface area (Å²) in [6, 6.07) is 4.80. The Balaban J connectivity index is 1.94. The number of aliphatic hydroxyl groups excluding tert-OH is 1. The van der Waals surface area contributed by atoms with Crippen LogP contribution in [0.25, 0.3) is 0 Å². The largest absolute Gasteiger partial charge is 0.392 e. The van der Waals surface area contributed by atoms with E-state index in [0.717, 1.165) is 35.7 Å². The van der Waals surface area contributed by atoms with Crippen LogP contribution in [0.1, 0.15) is 31.2 Å². The summed E-state index contributed by atoms with van der Waals surface area (Å²) in [5.41, 5.74) is 0.891. The maximum absolute atomic E-state index is 13.1. The van der Waals surface area contributed by atoms with Gasteiger partial charge < -0.3 is 10.4 Å². The molecule has 2 nitrogen and oxygen atoms in total. The van der Waals surface area contributed by atoms with E-state index in [-0.39, 0.29) is 18.0 Å². The second-order valence-corrected chi connectivity index (χ2v) is 5.43. The van der Waals surface area contributed by atoms with Crippen molar-refractivity contribution in [3.05, 3.63) is 34.1 Å². The van der Waals surface area contributed by atoms with Crippen LogP contribution < -0.4 is 5.32 Å². The molecule has 0 amide bonds. The van der Waals surface area contributed by atoms with Gasteiger partial charge in [-0.2, -0.15) is 0 Å². The summed E-state index contributed by atoms with van der Waals surface area (Å²) in [5.74, 6) is -0.228. The number of nitrogens with one attached hydrogen (secondary N) is 1. The first-order chi connectivity index (χ1) is 8.16. The minimum Gasteiger partial charge on any atom is -0.392 e. The van der Waals surface area contributed by atoms with E-state index >= 15 is 0 Å². The Morgan fingerprint density at radius 3 is 2.88 bits per heavy atom. The Morgan fingerprint density at radius 1 is 1.35 bits per heavy atom. The predicted octanol–water partition coefficient (Wildman–Crippen LogP) is 2.98. The molecule has 2 rings (SSSR count). The van der Waals surface area contributed by atoms with E-state index in [4.69, 9.17) is 0 Å². The normalized spacial score (nSPS) is 24.9. The zero-order valence-corrected chi connectivity index (χ0v) is 11.2. The molecule has 0 spiro atoms. The van der Waals surface area contributed by atoms with Crippen molar-refractivity contribution in [2.75, 3.05) is 0 Å². The predicted molar refractivity (Wildman–Crippen MR) is 69.2 cm³/mol. The van der Waals surface area contributed by atoms with Gasteiger partial charge in [-0.3, -0.25) is 0 Å². The van der Waals surface area contributed by atoms with Crippen LogP contribution in [-0.4, -0.2) is 17.3 Å². The van der Waals surface area contributed by atoms with Gasteiger partial charge in [0.1, 0.15) is 5.82 Å². The Hall–Kier alpha value is -0.450. The number of benzene rings is 1. The van der Waals surface area contributed by atoms with Gasteiger partial charge >= 0.3 is 0 Å². The van der Waals surface area contributed by atoms with E-state index in [9.17, 15) is 9.50 Å². The van der Waals surface area contributed by atoms with Crippen molar-refractivity contribution in [2.24, 2.45) is 0 Å². The van der Waals surface area contributed by atoms with E-state index < -0.39 is 0 Å². The molecule has 1 aromatic carbocycles. The molecule has 17 heavy (non-hydrogen) atoms. The van der Waals surface area contributed by atoms with E-state index in [2.05, 4.69) is 21.2 Å². The summed E-state index contributed by atoms with van der Waals surface area (Å²) in [4.78, 5) is 0. The molecule has 0 radical (unpaired) electrons. The molecule has 1 aliphatic carbocycles. The standard InChI is InChI=1S/C13H17BrFNO/c14-11-6-5-10(15)7-9(11)8-16-12-3-1-2-4-13(12)17/h5-7,12-13,16-17H,1-4,8H2/t12-,13-/m1/s1. The Bertz CT molecular complexity index is 386. The quantitative estimate of drug-likeness (QED) is 0.899. The fourth-order valence-corrected chi connectivity index (χ4v) is 2.66. The summed E-state index contributed by atoms with van der Waals surface area (Å²) < 4.78 is 14.0. The highest BCUT2D eigenvalue weighted by Gasteiger charge is 2.22. The summed E-state index contributed by atoms with van der Waals surface area (Å²) in [6.45, 7) is 0.583. The maximum Gasteiger partial charge on any atom is 0.123 e. The van der Waals surface area contributed by atoms with Gasteiger partial charge in [0.15, 0.2) is 0 Å². The van der Waals surface area contributed by atoms with Crippen LogP contribution in [0.5, 0.6) is 0 Å². The number of halogens is 2. The van der Waals surface area contributed by atoms with Crippen LogP contribution in [-0.2, 0) is 6.54 Å². The van der Waals surface area contributed by atoms with Crippen molar-refractivity contribution in [3.8, 4) is 0 Å². The van der Waals surface area contributed by atoms with E-state index in [1.807, 2.05) is 0 Å². The lowest BCUT2D eigenvalue weighted by molar-refractivity contribution is 0.0902. The molecule has 0 unspecified atom stereocenters. The molecule has 1 aromatic rings. The minimum absolute atomic E-state index is 0.138. The molecule has 2 N–H and O–H groups in total. The minimum atomic E-state index is -0.268. The van der Waals surface area contributed by atoms with E-state index in [0.29, 0.717) is 6.54 Å². The lowest BCUT2D eigenvalue weighted by atomic mass is 9.92. The van der Waals surface area contributed by atoms with Crippen LogP contribution >= 0.6 is 15.9 Å². The number of hydrogen-bond acceptors (Lipinski definition) is 2. The molecule has 1 aliphatic rings. The Labute approximate surface area is 109 Å². The SMILES string of the molecule is O[C@@H]1CCCC[C@H]1NCc1cc(F)ccc1Br. The van der Waals surface area contributed by atoms with Crippen molar-refractivity contribution in [2.45, 2.75) is 44.4 Å². The lowest BCUT2D eigenvalue weighted by Crippen LogP contribution is -2.41. The fraction of sp³-hybridized carbons (Fsp3) is 0.538. The van der Waals surface area contributed by atoms with Crippen molar-refractivity contribution < 1.29 is 9.50 Å². The van der Waals surface area contributed by atoms with Crippen LogP contribution in [0.4, 0.5) is 4.39 Å². The Morgan fingerprint density at radius 2 is 2.12 bits per heavy atom. The third kappa shape index (κ3) is 3.50. The highest BCUT2D eigenvalue weighted by Crippen LogP contribution is 2.21. The van der Waals surface area contributed by atoms with Crippen molar-refractivity contribution in [3.63, 3.8) is 0 Å². The van der Waals surface area contributed by atoms with E-state index in [1.54, 1.807) is 6.07 Å². The van der Waals surface area contributed by atoms with Crippen LogP contribution in [0.2, 0.25) is 0 Å². The Kier molecular flexibility index (Phi) is 4.54. The summed E-state index contributed by atoms with van der Waals surface area (Å²) in [6.07, 6.45) is 3.84. The summed E-state index contributed by atoms with van der Waals surface area (Å²) >= 11 is 3.40. The molecule has 2 atom stereocenters. The topological polar surface area (TPSA) is 32.3 Å². The summed E-state index contributed by atoms with van der Waals surface area (Å²) in [5, 5.41) is 13.1. The number of rotatable bonds is 3. The molecule has 1 saturated carbocycles. The molecule has 0 saturated heterocycles. The molecule has 0 heterocycles. The van der Waals surface area contributed by atoms with Gasteiger partial charge in [-0.05, 0) is 36.6 Å². The first kappa shape index (κ1) is 13.0. The highest BCUT2D eigenvalue weighted by molar-refractivity contribution is 9.10. The van der Waals surface area contributed by atoms with Crippen LogP contribution in [0.15, 0.2) is 22.7 Å². The third-order valence-electron chi connectivity index (χ3n) is 3.29. The molecular formula is C13H17BrFNO. The summed E-state index contributed by atoms with van der Waals surface area (Å²) in [7, 11) is 0. The van der Waals surface area contributed by atoms with Gasteiger partial charge in [0, 0.05) is 17.1 Å². The molecule has 4 heteroatoms. The monoisotopic (exact) mass is 301 g/mol. The maximum atomic E-state index is 13.1. The third-order valence-corrected chi connectivity index (χ3v) is 4.07. The van der Waals surface area contributed by atoms with Gasteiger partial charge in [-0.1, -0.05) is 28.8 Å². The number of aliphatic hydroxyl groups is 1. The smallest absolute Gasteiger partial charge is 0.123 e. The van der Waals surface area contributed by atoms with Gasteiger partial charge in [0.25, 0.3) is 0 Å². The van der Waals surface area contributed by atoms with Crippen LogP contribution in [0.3, 0.4) is 0 Å². The van der Waals surface area contributed by atoms with E-state index in [1.165, 1.54) is 12.1 Å². The fourth-order valence-electron chi connectivity index (χ4n) is 2.27. The molecule has 1 fully saturated rings. The van der Waals surface area contributed by atoms with Crippen molar-refractivity contribution >= 4 is 15.9 Å². The van der Waals surface area contributed by atoms with Crippen molar-refractivity contribution in [1.29, 1.82) is 0 Å². The second kappa shape index (κ2) is 5.94. The molecule has 94 valence electrons. The van der Waals surface area contributed by atoms with Gasteiger partial charge in [0.05, 0.1) is 6.10 Å². The zero-order chi connectivity index (χ0) is 12.3. The van der Waals surface area contributed by atoms with Gasteiger partial charge in [0.2, 0.25) is 0 Å². The van der Waals surface area contributed by atoms with Gasteiger partial charge in [-0.15, -0.1) is 0 Å².